The molecule has 1 aliphatic heterocycles. The fourth-order valence-corrected chi connectivity index (χ4v) is 2.96. The number of allylic oxidation sites excluding steroid dienone is 2. The number of hydrogen-bond acceptors (Lipinski definition) is 6. The van der Waals surface area contributed by atoms with Gasteiger partial charge in [0.2, 0.25) is 0 Å². The summed E-state index contributed by atoms with van der Waals surface area (Å²) >= 11 is 6.21. The van der Waals surface area contributed by atoms with Crippen LogP contribution in [0.1, 0.15) is 25.3 Å². The van der Waals surface area contributed by atoms with Crippen LogP contribution in [0, 0.1) is 10.1 Å². The van der Waals surface area contributed by atoms with Crippen LogP contribution in [-0.4, -0.2) is 29.2 Å². The maximum atomic E-state index is 12.4. The maximum Gasteiger partial charge on any atom is 0.337 e. The molecule has 0 spiro atoms. The lowest BCUT2D eigenvalue weighted by Gasteiger charge is -2.27. The van der Waals surface area contributed by atoms with Gasteiger partial charge in [-0.15, -0.1) is 0 Å². The molecule has 2 rings (SSSR count). The molecule has 0 bridgehead atoms. The van der Waals surface area contributed by atoms with Gasteiger partial charge in [-0.3, -0.25) is 10.1 Å². The molecule has 2 N–H and O–H groups in total. The number of carbonyl (C=O) groups excluding carboxylic acids is 1. The highest BCUT2D eigenvalue weighted by Crippen LogP contribution is 2.41. The van der Waals surface area contributed by atoms with E-state index in [-0.39, 0.29) is 34.3 Å². The average Bonchev–Trinajstić information content (AvgIpc) is 2.53. The minimum Gasteiger partial charge on any atom is -0.463 e. The average molecular weight is 353 g/mol. The molecule has 0 saturated carbocycles. The highest BCUT2D eigenvalue weighted by molar-refractivity contribution is 6.31. The number of benzene rings is 1. The van der Waals surface area contributed by atoms with Crippen molar-refractivity contribution < 1.29 is 19.6 Å². The quantitative estimate of drug-likeness (QED) is 0.479. The predicted molar refractivity (Wildman–Crippen MR) is 87.8 cm³/mol. The Kier molecular flexibility index (Phi) is 5.58. The number of dihydropyridines is 1. The van der Waals surface area contributed by atoms with Crippen LogP contribution in [0.5, 0.6) is 0 Å². The molecule has 1 aromatic rings. The lowest BCUT2D eigenvalue weighted by Crippen LogP contribution is -2.33. The number of hydrogen-bond donors (Lipinski definition) is 2. The third-order valence-corrected chi connectivity index (χ3v) is 4.02. The van der Waals surface area contributed by atoms with Crippen molar-refractivity contribution in [2.75, 3.05) is 13.2 Å². The highest BCUT2D eigenvalue weighted by Gasteiger charge is 2.42. The van der Waals surface area contributed by atoms with Crippen molar-refractivity contribution in [1.29, 1.82) is 0 Å². The smallest absolute Gasteiger partial charge is 0.337 e. The second-order valence-corrected chi connectivity index (χ2v) is 5.52. The number of nitrogens with one attached hydrogen (secondary N) is 1. The Morgan fingerprint density at radius 1 is 1.46 bits per heavy atom. The molecule has 1 heterocycles. The van der Waals surface area contributed by atoms with Crippen molar-refractivity contribution in [2.24, 2.45) is 0 Å². The van der Waals surface area contributed by atoms with E-state index in [9.17, 15) is 20.0 Å². The molecule has 0 amide bonds. The molecule has 8 heteroatoms. The van der Waals surface area contributed by atoms with Gasteiger partial charge < -0.3 is 15.2 Å². The lowest BCUT2D eigenvalue weighted by atomic mass is 9.84. The summed E-state index contributed by atoms with van der Waals surface area (Å²) in [6.45, 7) is 2.76. The SMILES string of the molecule is CCOC(=O)C1=C(CO)NC(C)=C([N+](=O)[O-])C1c1ccccc1Cl. The fourth-order valence-electron chi connectivity index (χ4n) is 2.71. The molecule has 1 aliphatic rings. The summed E-state index contributed by atoms with van der Waals surface area (Å²) in [5, 5.41) is 24.2. The Labute approximate surface area is 143 Å². The molecule has 0 aliphatic carbocycles. The van der Waals surface area contributed by atoms with E-state index >= 15 is 0 Å². The minimum atomic E-state index is -1.03. The van der Waals surface area contributed by atoms with Gasteiger partial charge in [0.1, 0.15) is 5.92 Å². The van der Waals surface area contributed by atoms with Crippen molar-refractivity contribution in [3.63, 3.8) is 0 Å². The first-order chi connectivity index (χ1) is 11.4. The molecule has 7 nitrogen and oxygen atoms in total. The van der Waals surface area contributed by atoms with E-state index in [1.807, 2.05) is 0 Å². The summed E-state index contributed by atoms with van der Waals surface area (Å²) in [6.07, 6.45) is 0. The summed E-state index contributed by atoms with van der Waals surface area (Å²) in [5.74, 6) is -1.76. The van der Waals surface area contributed by atoms with Crippen molar-refractivity contribution in [3.05, 3.63) is 67.6 Å². The zero-order chi connectivity index (χ0) is 17.9. The van der Waals surface area contributed by atoms with Crippen LogP contribution in [0.15, 0.2) is 46.9 Å². The normalized spacial score (nSPS) is 17.6. The fraction of sp³-hybridized carbons (Fsp3) is 0.312. The summed E-state index contributed by atoms with van der Waals surface area (Å²) in [6, 6.07) is 6.57. The van der Waals surface area contributed by atoms with E-state index in [1.165, 1.54) is 6.92 Å². The van der Waals surface area contributed by atoms with E-state index in [4.69, 9.17) is 16.3 Å². The first-order valence-electron chi connectivity index (χ1n) is 7.29. The van der Waals surface area contributed by atoms with Gasteiger partial charge in [0.15, 0.2) is 0 Å². The van der Waals surface area contributed by atoms with Crippen LogP contribution >= 0.6 is 11.6 Å². The van der Waals surface area contributed by atoms with Gasteiger partial charge in [0, 0.05) is 5.02 Å². The first-order valence-corrected chi connectivity index (χ1v) is 7.67. The van der Waals surface area contributed by atoms with Gasteiger partial charge in [-0.05, 0) is 25.5 Å². The summed E-state index contributed by atoms with van der Waals surface area (Å²) in [5.41, 5.74) is 0.595. The van der Waals surface area contributed by atoms with E-state index in [2.05, 4.69) is 5.32 Å². The van der Waals surface area contributed by atoms with Crippen molar-refractivity contribution >= 4 is 17.6 Å². The summed E-state index contributed by atoms with van der Waals surface area (Å²) in [4.78, 5) is 23.5. The molecule has 1 atom stereocenters. The number of carbonyl (C=O) groups is 1. The van der Waals surface area contributed by atoms with Crippen LogP contribution in [-0.2, 0) is 9.53 Å². The van der Waals surface area contributed by atoms with E-state index in [1.54, 1.807) is 31.2 Å². The second-order valence-electron chi connectivity index (χ2n) is 5.12. The Morgan fingerprint density at radius 2 is 2.12 bits per heavy atom. The zero-order valence-electron chi connectivity index (χ0n) is 13.2. The molecule has 24 heavy (non-hydrogen) atoms. The molecule has 1 unspecified atom stereocenters. The first kappa shape index (κ1) is 18.0. The lowest BCUT2D eigenvalue weighted by molar-refractivity contribution is -0.431. The summed E-state index contributed by atoms with van der Waals surface area (Å²) in [7, 11) is 0. The molecule has 1 aromatic carbocycles. The molecule has 0 saturated heterocycles. The van der Waals surface area contributed by atoms with Crippen LogP contribution in [0.3, 0.4) is 0 Å². The van der Waals surface area contributed by atoms with Crippen molar-refractivity contribution in [1.82, 2.24) is 5.32 Å². The van der Waals surface area contributed by atoms with Gasteiger partial charge in [-0.2, -0.15) is 0 Å². The molecule has 0 radical (unpaired) electrons. The molecule has 0 fully saturated rings. The number of halogens is 1. The Hall–Kier alpha value is -2.38. The molecule has 0 aromatic heterocycles. The molecule has 128 valence electrons. The van der Waals surface area contributed by atoms with Gasteiger partial charge in [-0.1, -0.05) is 29.8 Å². The van der Waals surface area contributed by atoms with Gasteiger partial charge in [-0.25, -0.2) is 4.79 Å². The molecular formula is C16H17ClN2O5. The van der Waals surface area contributed by atoms with Crippen LogP contribution in [0.4, 0.5) is 0 Å². The number of esters is 1. The standard InChI is InChI=1S/C16H17ClN2O5/c1-3-24-16(21)14-12(8-20)18-9(2)15(19(22)23)13(14)10-6-4-5-7-11(10)17/h4-7,13,18,20H,3,8H2,1-2H3. The second kappa shape index (κ2) is 7.46. The maximum absolute atomic E-state index is 12.4. The Bertz CT molecular complexity index is 742. The minimum absolute atomic E-state index is 0.00949. The predicted octanol–water partition coefficient (Wildman–Crippen LogP) is 2.34. The van der Waals surface area contributed by atoms with E-state index in [0.29, 0.717) is 5.56 Å². The van der Waals surface area contributed by atoms with Crippen LogP contribution in [0.25, 0.3) is 0 Å². The van der Waals surface area contributed by atoms with Crippen molar-refractivity contribution in [2.45, 2.75) is 19.8 Å². The zero-order valence-corrected chi connectivity index (χ0v) is 14.0. The Morgan fingerprint density at radius 3 is 2.67 bits per heavy atom. The topological polar surface area (TPSA) is 102 Å². The monoisotopic (exact) mass is 352 g/mol. The van der Waals surface area contributed by atoms with Crippen molar-refractivity contribution in [3.8, 4) is 0 Å². The molecular weight excluding hydrogens is 336 g/mol. The largest absolute Gasteiger partial charge is 0.463 e. The third kappa shape index (κ3) is 3.27. The number of ether oxygens (including phenoxy) is 1. The van der Waals surface area contributed by atoms with Crippen LogP contribution in [0.2, 0.25) is 5.02 Å². The van der Waals surface area contributed by atoms with Gasteiger partial charge >= 0.3 is 5.97 Å². The number of rotatable bonds is 5. The summed E-state index contributed by atoms with van der Waals surface area (Å²) < 4.78 is 5.03. The highest BCUT2D eigenvalue weighted by atomic mass is 35.5. The van der Waals surface area contributed by atoms with Gasteiger partial charge in [0.25, 0.3) is 5.70 Å². The number of nitrogens with zero attached hydrogens (tertiary/aromatic N) is 1. The number of nitro groups is 1. The van der Waals surface area contributed by atoms with E-state index < -0.39 is 23.4 Å². The Balaban J connectivity index is 2.73. The number of aliphatic hydroxyl groups is 1. The van der Waals surface area contributed by atoms with Crippen LogP contribution < -0.4 is 5.32 Å². The van der Waals surface area contributed by atoms with Gasteiger partial charge in [0.05, 0.1) is 35.1 Å². The number of aliphatic hydroxyl groups excluding tert-OH is 1. The van der Waals surface area contributed by atoms with E-state index in [0.717, 1.165) is 0 Å². The third-order valence-electron chi connectivity index (χ3n) is 3.68.